The lowest BCUT2D eigenvalue weighted by Gasteiger charge is -2.07. The molecule has 0 amide bonds. The Morgan fingerprint density at radius 2 is 1.88 bits per heavy atom. The maximum absolute atomic E-state index is 4.88. The van der Waals surface area contributed by atoms with Crippen molar-refractivity contribution in [2.45, 2.75) is 26.3 Å². The summed E-state index contributed by atoms with van der Waals surface area (Å²) in [6, 6.07) is 12.3. The lowest BCUT2D eigenvalue weighted by molar-refractivity contribution is 0.658. The average molecular weight is 327 g/mol. The van der Waals surface area contributed by atoms with Crippen LogP contribution in [-0.4, -0.2) is 24.7 Å². The molecule has 0 atom stereocenters. The Hall–Kier alpha value is -3.08. The molecule has 5 heteroatoms. The Morgan fingerprint density at radius 3 is 2.76 bits per heavy atom. The molecule has 0 radical (unpaired) electrons. The first-order valence-corrected chi connectivity index (χ1v) is 8.54. The highest BCUT2D eigenvalue weighted by molar-refractivity contribution is 5.87. The Balaban J connectivity index is 1.76. The lowest BCUT2D eigenvalue weighted by Crippen LogP contribution is -1.95. The highest BCUT2D eigenvalue weighted by atomic mass is 15.3. The summed E-state index contributed by atoms with van der Waals surface area (Å²) in [6.45, 7) is 2.99. The van der Waals surface area contributed by atoms with Crippen LogP contribution in [0.15, 0.2) is 48.8 Å². The van der Waals surface area contributed by atoms with Gasteiger partial charge in [0.15, 0.2) is 0 Å². The van der Waals surface area contributed by atoms with Gasteiger partial charge in [0.05, 0.1) is 16.7 Å². The molecular formula is C20H17N5. The second-order valence-corrected chi connectivity index (χ2v) is 6.42. The predicted octanol–water partition coefficient (Wildman–Crippen LogP) is 3.81. The zero-order valence-corrected chi connectivity index (χ0v) is 14.0. The second kappa shape index (κ2) is 5.48. The van der Waals surface area contributed by atoms with Crippen LogP contribution in [-0.2, 0) is 13.0 Å². The summed E-state index contributed by atoms with van der Waals surface area (Å²) in [6.07, 6.45) is 5.65. The Bertz CT molecular complexity index is 1100. The van der Waals surface area contributed by atoms with Crippen LogP contribution in [0.25, 0.3) is 33.5 Å². The second-order valence-electron chi connectivity index (χ2n) is 6.42. The molecule has 0 N–H and O–H groups in total. The Morgan fingerprint density at radius 1 is 1.00 bits per heavy atom. The van der Waals surface area contributed by atoms with E-state index in [-0.39, 0.29) is 0 Å². The van der Waals surface area contributed by atoms with E-state index in [0.717, 1.165) is 53.1 Å². The van der Waals surface area contributed by atoms with Crippen LogP contribution >= 0.6 is 0 Å². The van der Waals surface area contributed by atoms with E-state index in [9.17, 15) is 0 Å². The SMILES string of the molecule is Cc1cccc(-c2nn3c(c2-c2ccc4nccnc4c2)CCC3)n1. The summed E-state index contributed by atoms with van der Waals surface area (Å²) in [5.74, 6) is 0. The molecule has 0 unspecified atom stereocenters. The molecule has 0 spiro atoms. The van der Waals surface area contributed by atoms with Gasteiger partial charge < -0.3 is 0 Å². The minimum atomic E-state index is 0.904. The number of pyridine rings is 1. The number of aromatic nitrogens is 5. The van der Waals surface area contributed by atoms with Gasteiger partial charge in [-0.15, -0.1) is 0 Å². The van der Waals surface area contributed by atoms with E-state index >= 15 is 0 Å². The standard InChI is InChI=1S/C20H17N5/c1-13-4-2-5-16(23-13)20-19(18-6-3-11-25(18)24-20)14-7-8-15-17(12-14)22-10-9-21-15/h2,4-5,7-10,12H,3,6,11H2,1H3. The van der Waals surface area contributed by atoms with Crippen molar-refractivity contribution in [3.63, 3.8) is 0 Å². The summed E-state index contributed by atoms with van der Waals surface area (Å²) in [5, 5.41) is 4.88. The number of hydrogen-bond donors (Lipinski definition) is 0. The highest BCUT2D eigenvalue weighted by Crippen LogP contribution is 2.37. The molecule has 0 fully saturated rings. The highest BCUT2D eigenvalue weighted by Gasteiger charge is 2.24. The van der Waals surface area contributed by atoms with Gasteiger partial charge in [0.1, 0.15) is 5.69 Å². The van der Waals surface area contributed by atoms with Crippen LogP contribution < -0.4 is 0 Å². The molecule has 4 aromatic rings. The largest absolute Gasteiger partial charge is 0.268 e. The number of benzene rings is 1. The van der Waals surface area contributed by atoms with Crippen molar-refractivity contribution in [3.8, 4) is 22.5 Å². The fourth-order valence-electron chi connectivity index (χ4n) is 3.61. The van der Waals surface area contributed by atoms with Crippen molar-refractivity contribution in [3.05, 3.63) is 60.2 Å². The zero-order chi connectivity index (χ0) is 16.8. The summed E-state index contributed by atoms with van der Waals surface area (Å²) in [7, 11) is 0. The molecule has 3 aromatic heterocycles. The minimum absolute atomic E-state index is 0.904. The maximum Gasteiger partial charge on any atom is 0.119 e. The van der Waals surface area contributed by atoms with E-state index in [2.05, 4.69) is 26.8 Å². The van der Waals surface area contributed by atoms with E-state index in [1.54, 1.807) is 12.4 Å². The fraction of sp³-hybridized carbons (Fsp3) is 0.200. The average Bonchev–Trinajstić information content (AvgIpc) is 3.22. The van der Waals surface area contributed by atoms with Gasteiger partial charge in [-0.05, 0) is 49.6 Å². The van der Waals surface area contributed by atoms with E-state index in [4.69, 9.17) is 10.1 Å². The van der Waals surface area contributed by atoms with Gasteiger partial charge in [0.25, 0.3) is 0 Å². The van der Waals surface area contributed by atoms with Gasteiger partial charge in [0, 0.05) is 35.9 Å². The molecule has 25 heavy (non-hydrogen) atoms. The number of nitrogens with zero attached hydrogens (tertiary/aromatic N) is 5. The maximum atomic E-state index is 4.88. The molecule has 1 aliphatic rings. The van der Waals surface area contributed by atoms with Gasteiger partial charge >= 0.3 is 0 Å². The van der Waals surface area contributed by atoms with Crippen LogP contribution in [0.4, 0.5) is 0 Å². The third-order valence-corrected chi connectivity index (χ3v) is 4.73. The van der Waals surface area contributed by atoms with E-state index in [0.29, 0.717) is 0 Å². The first kappa shape index (κ1) is 14.3. The Labute approximate surface area is 145 Å². The van der Waals surface area contributed by atoms with Crippen LogP contribution in [0.3, 0.4) is 0 Å². The predicted molar refractivity (Wildman–Crippen MR) is 97.0 cm³/mol. The molecule has 0 bridgehead atoms. The van der Waals surface area contributed by atoms with Crippen molar-refractivity contribution >= 4 is 11.0 Å². The van der Waals surface area contributed by atoms with Gasteiger partial charge in [0.2, 0.25) is 0 Å². The number of aryl methyl sites for hydroxylation is 2. The van der Waals surface area contributed by atoms with E-state index in [1.165, 1.54) is 11.3 Å². The minimum Gasteiger partial charge on any atom is -0.268 e. The molecule has 4 heterocycles. The molecule has 1 aromatic carbocycles. The van der Waals surface area contributed by atoms with Gasteiger partial charge in [-0.3, -0.25) is 19.6 Å². The number of hydrogen-bond acceptors (Lipinski definition) is 4. The van der Waals surface area contributed by atoms with Crippen molar-refractivity contribution in [2.24, 2.45) is 0 Å². The summed E-state index contributed by atoms with van der Waals surface area (Å²) in [4.78, 5) is 13.5. The molecule has 0 saturated heterocycles. The van der Waals surface area contributed by atoms with Crippen LogP contribution in [0.5, 0.6) is 0 Å². The molecular weight excluding hydrogens is 310 g/mol. The molecule has 0 saturated carbocycles. The summed E-state index contributed by atoms with van der Waals surface area (Å²) < 4.78 is 2.13. The van der Waals surface area contributed by atoms with Gasteiger partial charge in [-0.25, -0.2) is 0 Å². The zero-order valence-electron chi connectivity index (χ0n) is 14.0. The van der Waals surface area contributed by atoms with E-state index in [1.807, 2.05) is 31.2 Å². The van der Waals surface area contributed by atoms with Crippen molar-refractivity contribution in [1.29, 1.82) is 0 Å². The third kappa shape index (κ3) is 2.31. The van der Waals surface area contributed by atoms with Crippen molar-refractivity contribution in [1.82, 2.24) is 24.7 Å². The van der Waals surface area contributed by atoms with Crippen LogP contribution in [0.1, 0.15) is 17.8 Å². The lowest BCUT2D eigenvalue weighted by atomic mass is 9.99. The van der Waals surface area contributed by atoms with Crippen LogP contribution in [0.2, 0.25) is 0 Å². The smallest absolute Gasteiger partial charge is 0.119 e. The van der Waals surface area contributed by atoms with Crippen LogP contribution in [0, 0.1) is 6.92 Å². The van der Waals surface area contributed by atoms with Crippen molar-refractivity contribution in [2.75, 3.05) is 0 Å². The summed E-state index contributed by atoms with van der Waals surface area (Å²) >= 11 is 0. The Kier molecular flexibility index (Phi) is 3.13. The van der Waals surface area contributed by atoms with E-state index < -0.39 is 0 Å². The van der Waals surface area contributed by atoms with Gasteiger partial charge in [-0.2, -0.15) is 5.10 Å². The van der Waals surface area contributed by atoms with Crippen molar-refractivity contribution < 1.29 is 0 Å². The number of rotatable bonds is 2. The molecule has 1 aliphatic heterocycles. The molecule has 0 aliphatic carbocycles. The third-order valence-electron chi connectivity index (χ3n) is 4.73. The first-order chi connectivity index (χ1) is 12.3. The topological polar surface area (TPSA) is 56.5 Å². The fourth-order valence-corrected chi connectivity index (χ4v) is 3.61. The normalized spacial score (nSPS) is 13.3. The summed E-state index contributed by atoms with van der Waals surface area (Å²) in [5.41, 5.74) is 8.31. The first-order valence-electron chi connectivity index (χ1n) is 8.54. The van der Waals surface area contributed by atoms with Gasteiger partial charge in [-0.1, -0.05) is 12.1 Å². The molecule has 5 rings (SSSR count). The monoisotopic (exact) mass is 327 g/mol. The molecule has 5 nitrogen and oxygen atoms in total. The quantitative estimate of drug-likeness (QED) is 0.562. The molecule has 122 valence electrons. The number of fused-ring (bicyclic) bond motifs is 2.